The maximum atomic E-state index is 8.94. The van der Waals surface area contributed by atoms with Crippen molar-refractivity contribution in [1.29, 1.82) is 5.26 Å². The normalized spacial score (nSPS) is 15.3. The van der Waals surface area contributed by atoms with Crippen LogP contribution >= 0.6 is 11.3 Å². The number of nitrogens with zero attached hydrogens (tertiary/aromatic N) is 2. The quantitative estimate of drug-likeness (QED) is 0.443. The number of nitriles is 1. The number of aromatic nitrogens is 1. The van der Waals surface area contributed by atoms with Crippen LogP contribution in [-0.4, -0.2) is 11.6 Å². The number of hydrogen-bond donors (Lipinski definition) is 0. The van der Waals surface area contributed by atoms with Crippen molar-refractivity contribution in [2.45, 2.75) is 52.1 Å². The van der Waals surface area contributed by atoms with Crippen LogP contribution in [0.2, 0.25) is 0 Å². The van der Waals surface area contributed by atoms with Crippen molar-refractivity contribution in [3.63, 3.8) is 0 Å². The van der Waals surface area contributed by atoms with Crippen LogP contribution in [0.1, 0.15) is 58.5 Å². The van der Waals surface area contributed by atoms with E-state index in [4.69, 9.17) is 15.0 Å². The third kappa shape index (κ3) is 4.42. The van der Waals surface area contributed by atoms with Crippen LogP contribution in [-0.2, 0) is 24.2 Å². The lowest BCUT2D eigenvalue weighted by atomic mass is 9.98. The first-order valence-electron chi connectivity index (χ1n) is 10.3. The zero-order valence-electron chi connectivity index (χ0n) is 17.1. The van der Waals surface area contributed by atoms with E-state index < -0.39 is 0 Å². The molecule has 1 aliphatic rings. The monoisotopic (exact) mass is 402 g/mol. The minimum absolute atomic E-state index is 0.662. The highest BCUT2D eigenvalue weighted by molar-refractivity contribution is 7.15. The molecule has 0 spiro atoms. The smallest absolute Gasteiger partial charge is 0.123 e. The average Bonchev–Trinajstić information content (AvgIpc) is 3.34. The molecule has 1 atom stereocenters. The maximum Gasteiger partial charge on any atom is 0.123 e. The summed E-state index contributed by atoms with van der Waals surface area (Å²) in [5.74, 6) is 0.748. The Balaban J connectivity index is 1.32. The number of fused-ring (bicyclic) bond motifs is 1. The van der Waals surface area contributed by atoms with Gasteiger partial charge in [0.05, 0.1) is 30.5 Å². The molecule has 0 N–H and O–H groups in total. The van der Waals surface area contributed by atoms with Crippen LogP contribution in [0.3, 0.4) is 0 Å². The zero-order valence-corrected chi connectivity index (χ0v) is 17.9. The van der Waals surface area contributed by atoms with Gasteiger partial charge in [0.25, 0.3) is 0 Å². The summed E-state index contributed by atoms with van der Waals surface area (Å²) in [6.07, 6.45) is 4.56. The Morgan fingerprint density at radius 3 is 2.79 bits per heavy atom. The summed E-state index contributed by atoms with van der Waals surface area (Å²) >= 11 is 1.70. The lowest BCUT2D eigenvalue weighted by Crippen LogP contribution is -2.01. The molecule has 4 rings (SSSR count). The maximum absolute atomic E-state index is 8.94. The molecule has 1 heterocycles. The lowest BCUT2D eigenvalue weighted by Gasteiger charge is -2.10. The fourth-order valence-corrected chi connectivity index (χ4v) is 5.07. The Morgan fingerprint density at radius 2 is 2.03 bits per heavy atom. The molecule has 0 radical (unpaired) electrons. The van der Waals surface area contributed by atoms with E-state index in [0.29, 0.717) is 18.8 Å². The number of benzene rings is 2. The molecule has 0 amide bonds. The molecule has 2 aromatic carbocycles. The Labute approximate surface area is 177 Å². The highest BCUT2D eigenvalue weighted by atomic mass is 32.1. The van der Waals surface area contributed by atoms with Crippen LogP contribution < -0.4 is 0 Å². The summed E-state index contributed by atoms with van der Waals surface area (Å²) in [6.45, 7) is 5.73. The highest BCUT2D eigenvalue weighted by Crippen LogP contribution is 2.35. The van der Waals surface area contributed by atoms with Crippen molar-refractivity contribution in [2.24, 2.45) is 0 Å². The van der Waals surface area contributed by atoms with Gasteiger partial charge in [-0.25, -0.2) is 4.98 Å². The van der Waals surface area contributed by atoms with Crippen molar-refractivity contribution in [3.05, 3.63) is 75.3 Å². The number of rotatable bonds is 7. The molecule has 0 bridgehead atoms. The van der Waals surface area contributed by atoms with Gasteiger partial charge in [0.1, 0.15) is 5.01 Å². The van der Waals surface area contributed by atoms with E-state index in [-0.39, 0.29) is 0 Å². The fourth-order valence-electron chi connectivity index (χ4n) is 4.10. The first kappa shape index (κ1) is 19.8. The molecule has 1 unspecified atom stereocenters. The molecule has 1 aliphatic carbocycles. The molecule has 1 aromatic heterocycles. The summed E-state index contributed by atoms with van der Waals surface area (Å²) < 4.78 is 5.97. The van der Waals surface area contributed by atoms with E-state index in [1.165, 1.54) is 35.3 Å². The Bertz CT molecular complexity index is 1030. The van der Waals surface area contributed by atoms with Gasteiger partial charge in [-0.2, -0.15) is 5.26 Å². The van der Waals surface area contributed by atoms with E-state index in [9.17, 15) is 0 Å². The standard InChI is InChI=1S/C25H26N2OS/c1-3-20-9-10-22-14-19(6-11-23(20)22)16-28-13-12-24-17(2)29-25(27-24)21-7-4-18(15-26)5-8-21/h4-8,11,14,20H,3,9-10,12-13,16H2,1-2H3. The van der Waals surface area contributed by atoms with Gasteiger partial charge in [-0.05, 0) is 60.9 Å². The Kier molecular flexibility index (Phi) is 6.08. The number of ether oxygens (including phenoxy) is 1. The van der Waals surface area contributed by atoms with E-state index in [0.717, 1.165) is 28.6 Å². The van der Waals surface area contributed by atoms with Gasteiger partial charge in [-0.1, -0.05) is 37.3 Å². The van der Waals surface area contributed by atoms with Crippen LogP contribution in [0.15, 0.2) is 42.5 Å². The molecule has 4 heteroatoms. The third-order valence-electron chi connectivity index (χ3n) is 5.81. The van der Waals surface area contributed by atoms with Crippen molar-refractivity contribution >= 4 is 11.3 Å². The number of hydrogen-bond acceptors (Lipinski definition) is 4. The minimum Gasteiger partial charge on any atom is -0.376 e. The molecular weight excluding hydrogens is 376 g/mol. The molecule has 0 saturated carbocycles. The molecule has 148 valence electrons. The summed E-state index contributed by atoms with van der Waals surface area (Å²) in [7, 11) is 0. The molecule has 0 saturated heterocycles. The van der Waals surface area contributed by atoms with E-state index in [2.05, 4.69) is 38.1 Å². The number of thiazole rings is 1. The molecular formula is C25H26N2OS. The molecule has 29 heavy (non-hydrogen) atoms. The first-order valence-corrected chi connectivity index (χ1v) is 11.2. The number of aryl methyl sites for hydroxylation is 2. The largest absolute Gasteiger partial charge is 0.376 e. The van der Waals surface area contributed by atoms with Crippen LogP contribution in [0, 0.1) is 18.3 Å². The van der Waals surface area contributed by atoms with Crippen molar-refractivity contribution in [1.82, 2.24) is 4.98 Å². The summed E-state index contributed by atoms with van der Waals surface area (Å²) in [5, 5.41) is 9.95. The zero-order chi connectivity index (χ0) is 20.2. The van der Waals surface area contributed by atoms with Crippen LogP contribution in [0.4, 0.5) is 0 Å². The van der Waals surface area contributed by atoms with Gasteiger partial charge in [-0.15, -0.1) is 11.3 Å². The molecule has 0 aliphatic heterocycles. The van der Waals surface area contributed by atoms with Crippen LogP contribution in [0.5, 0.6) is 0 Å². The molecule has 3 aromatic rings. The average molecular weight is 403 g/mol. The third-order valence-corrected chi connectivity index (χ3v) is 6.87. The van der Waals surface area contributed by atoms with E-state index in [1.54, 1.807) is 16.9 Å². The second kappa shape index (κ2) is 8.90. The second-order valence-corrected chi connectivity index (χ2v) is 8.89. The van der Waals surface area contributed by atoms with Gasteiger partial charge >= 0.3 is 0 Å². The second-order valence-electron chi connectivity index (χ2n) is 7.69. The predicted molar refractivity (Wildman–Crippen MR) is 118 cm³/mol. The van der Waals surface area contributed by atoms with E-state index >= 15 is 0 Å². The van der Waals surface area contributed by atoms with Crippen LogP contribution in [0.25, 0.3) is 10.6 Å². The summed E-state index contributed by atoms with van der Waals surface area (Å²) in [6, 6.07) is 16.6. The summed E-state index contributed by atoms with van der Waals surface area (Å²) in [5.41, 5.74) is 7.17. The topological polar surface area (TPSA) is 45.9 Å². The predicted octanol–water partition coefficient (Wildman–Crippen LogP) is 6.19. The minimum atomic E-state index is 0.662. The van der Waals surface area contributed by atoms with Crippen molar-refractivity contribution in [3.8, 4) is 16.6 Å². The first-order chi connectivity index (χ1) is 14.2. The molecule has 0 fully saturated rings. The summed E-state index contributed by atoms with van der Waals surface area (Å²) in [4.78, 5) is 6.03. The SMILES string of the molecule is CCC1CCc2cc(COCCc3nc(-c4ccc(C#N)cc4)sc3C)ccc21. The van der Waals surface area contributed by atoms with Gasteiger partial charge < -0.3 is 4.74 Å². The van der Waals surface area contributed by atoms with Gasteiger partial charge in [0.2, 0.25) is 0 Å². The Morgan fingerprint density at radius 1 is 1.21 bits per heavy atom. The lowest BCUT2D eigenvalue weighted by molar-refractivity contribution is 0.123. The van der Waals surface area contributed by atoms with Crippen molar-refractivity contribution in [2.75, 3.05) is 6.61 Å². The van der Waals surface area contributed by atoms with Gasteiger partial charge in [-0.3, -0.25) is 0 Å². The molecule has 3 nitrogen and oxygen atoms in total. The van der Waals surface area contributed by atoms with Crippen molar-refractivity contribution < 1.29 is 4.74 Å². The highest BCUT2D eigenvalue weighted by Gasteiger charge is 2.20. The van der Waals surface area contributed by atoms with E-state index in [1.807, 2.05) is 24.3 Å². The fraction of sp³-hybridized carbons (Fsp3) is 0.360. The van der Waals surface area contributed by atoms with Gasteiger partial charge in [0, 0.05) is 16.9 Å². The Hall–Kier alpha value is -2.48. The van der Waals surface area contributed by atoms with Gasteiger partial charge in [0.15, 0.2) is 0 Å².